The first kappa shape index (κ1) is 8.16. The maximum absolute atomic E-state index is 11.4. The predicted octanol–water partition coefficient (Wildman–Crippen LogP) is 0.776. The number of anilines is 1. The number of carbonyl (C=O) groups excluding carboxylic acids is 1. The smallest absolute Gasteiger partial charge is 0.227 e. The predicted molar refractivity (Wildman–Crippen MR) is 48.4 cm³/mol. The van der Waals surface area contributed by atoms with E-state index in [1.54, 1.807) is 24.3 Å². The first-order valence-corrected chi connectivity index (χ1v) is 4.35. The number of aromatic nitrogens is 2. The normalized spacial score (nSPS) is 16.7. The Labute approximate surface area is 76.6 Å². The van der Waals surface area contributed by atoms with Gasteiger partial charge in [-0.15, -0.1) is 0 Å². The molecule has 2 heterocycles. The van der Waals surface area contributed by atoms with E-state index in [0.717, 1.165) is 18.5 Å². The van der Waals surface area contributed by atoms with Gasteiger partial charge in [-0.05, 0) is 12.8 Å². The van der Waals surface area contributed by atoms with E-state index in [4.69, 9.17) is 0 Å². The Morgan fingerprint density at radius 3 is 2.92 bits per heavy atom. The minimum absolute atomic E-state index is 0.124. The van der Waals surface area contributed by atoms with Crippen LogP contribution in [-0.4, -0.2) is 22.9 Å². The molecule has 0 N–H and O–H groups in total. The summed E-state index contributed by atoms with van der Waals surface area (Å²) in [4.78, 5) is 21.4. The lowest BCUT2D eigenvalue weighted by Crippen LogP contribution is -2.26. The molecule has 1 aromatic heterocycles. The fraction of sp³-hybridized carbons (Fsp3) is 0.444. The molecule has 0 fully saturated rings. The Balaban J connectivity index is 2.46. The molecule has 0 saturated heterocycles. The molecule has 0 aromatic carbocycles. The van der Waals surface area contributed by atoms with Gasteiger partial charge in [-0.1, -0.05) is 0 Å². The summed E-state index contributed by atoms with van der Waals surface area (Å²) >= 11 is 0. The van der Waals surface area contributed by atoms with Crippen molar-refractivity contribution in [3.8, 4) is 0 Å². The van der Waals surface area contributed by atoms with Crippen LogP contribution >= 0.6 is 0 Å². The van der Waals surface area contributed by atoms with Gasteiger partial charge in [0.05, 0.1) is 5.69 Å². The molecule has 0 bridgehead atoms. The van der Waals surface area contributed by atoms with Gasteiger partial charge in [0, 0.05) is 25.9 Å². The highest BCUT2D eigenvalue weighted by atomic mass is 16.2. The van der Waals surface area contributed by atoms with Crippen molar-refractivity contribution in [1.29, 1.82) is 0 Å². The van der Waals surface area contributed by atoms with Gasteiger partial charge in [0.1, 0.15) is 0 Å². The monoisotopic (exact) mass is 177 g/mol. The third-order valence-corrected chi connectivity index (χ3v) is 2.25. The van der Waals surface area contributed by atoms with Gasteiger partial charge in [0.15, 0.2) is 5.82 Å². The van der Waals surface area contributed by atoms with E-state index < -0.39 is 0 Å². The molecule has 13 heavy (non-hydrogen) atoms. The Morgan fingerprint density at radius 1 is 1.31 bits per heavy atom. The van der Waals surface area contributed by atoms with Crippen molar-refractivity contribution in [2.75, 3.05) is 11.9 Å². The average molecular weight is 177 g/mol. The largest absolute Gasteiger partial charge is 0.298 e. The second kappa shape index (κ2) is 3.12. The van der Waals surface area contributed by atoms with Crippen LogP contribution in [0.1, 0.15) is 18.5 Å². The van der Waals surface area contributed by atoms with Crippen LogP contribution in [-0.2, 0) is 11.2 Å². The standard InChI is InChI=1S/C9H11N3O/c1-12-8(13)4-2-3-7-9(12)11-6-5-10-7/h5-6H,2-4H2,1H3. The Morgan fingerprint density at radius 2 is 2.08 bits per heavy atom. The highest BCUT2D eigenvalue weighted by Crippen LogP contribution is 2.20. The van der Waals surface area contributed by atoms with E-state index >= 15 is 0 Å². The maximum atomic E-state index is 11.4. The molecular weight excluding hydrogens is 166 g/mol. The van der Waals surface area contributed by atoms with E-state index in [2.05, 4.69) is 9.97 Å². The lowest BCUT2D eigenvalue weighted by molar-refractivity contribution is -0.118. The van der Waals surface area contributed by atoms with E-state index in [0.29, 0.717) is 12.2 Å². The lowest BCUT2D eigenvalue weighted by atomic mass is 10.2. The van der Waals surface area contributed by atoms with E-state index in [-0.39, 0.29) is 5.91 Å². The fourth-order valence-electron chi connectivity index (χ4n) is 1.51. The molecule has 4 heteroatoms. The van der Waals surface area contributed by atoms with Crippen molar-refractivity contribution in [3.05, 3.63) is 18.1 Å². The second-order valence-corrected chi connectivity index (χ2v) is 3.13. The summed E-state index contributed by atoms with van der Waals surface area (Å²) in [5.74, 6) is 0.837. The summed E-state index contributed by atoms with van der Waals surface area (Å²) in [5, 5.41) is 0. The van der Waals surface area contributed by atoms with Crippen molar-refractivity contribution in [3.63, 3.8) is 0 Å². The van der Waals surface area contributed by atoms with Gasteiger partial charge in [-0.25, -0.2) is 4.98 Å². The first-order valence-electron chi connectivity index (χ1n) is 4.35. The molecule has 1 aliphatic rings. The Hall–Kier alpha value is -1.45. The van der Waals surface area contributed by atoms with Gasteiger partial charge in [0.2, 0.25) is 5.91 Å². The average Bonchev–Trinajstić information content (AvgIpc) is 2.29. The zero-order chi connectivity index (χ0) is 9.26. The van der Waals surface area contributed by atoms with Gasteiger partial charge in [-0.2, -0.15) is 0 Å². The molecule has 0 atom stereocenters. The minimum atomic E-state index is 0.124. The zero-order valence-electron chi connectivity index (χ0n) is 7.53. The molecule has 4 nitrogen and oxygen atoms in total. The number of rotatable bonds is 0. The summed E-state index contributed by atoms with van der Waals surface area (Å²) in [6.07, 6.45) is 5.60. The zero-order valence-corrected chi connectivity index (χ0v) is 7.53. The van der Waals surface area contributed by atoms with Crippen LogP contribution in [0.4, 0.5) is 5.82 Å². The van der Waals surface area contributed by atoms with Gasteiger partial charge in [-0.3, -0.25) is 14.7 Å². The van der Waals surface area contributed by atoms with Gasteiger partial charge >= 0.3 is 0 Å². The Bertz CT molecular complexity index is 337. The third-order valence-electron chi connectivity index (χ3n) is 2.25. The van der Waals surface area contributed by atoms with E-state index in [1.165, 1.54) is 0 Å². The Kier molecular flexibility index (Phi) is 1.96. The van der Waals surface area contributed by atoms with Gasteiger partial charge in [0.25, 0.3) is 0 Å². The number of nitrogens with zero attached hydrogens (tertiary/aromatic N) is 3. The number of hydrogen-bond acceptors (Lipinski definition) is 3. The third kappa shape index (κ3) is 1.39. The van der Waals surface area contributed by atoms with Crippen molar-refractivity contribution in [2.45, 2.75) is 19.3 Å². The summed E-state index contributed by atoms with van der Waals surface area (Å²) in [6.45, 7) is 0. The molecule has 0 radical (unpaired) electrons. The fourth-order valence-corrected chi connectivity index (χ4v) is 1.51. The van der Waals surface area contributed by atoms with Crippen LogP contribution in [0.15, 0.2) is 12.4 Å². The molecule has 0 aliphatic carbocycles. The molecule has 0 saturated carbocycles. The van der Waals surface area contributed by atoms with Crippen LogP contribution in [0.5, 0.6) is 0 Å². The van der Waals surface area contributed by atoms with Crippen molar-refractivity contribution >= 4 is 11.7 Å². The quantitative estimate of drug-likeness (QED) is 0.588. The summed E-state index contributed by atoms with van der Waals surface area (Å²) in [5.41, 5.74) is 0.927. The highest BCUT2D eigenvalue weighted by Gasteiger charge is 2.19. The number of amides is 1. The first-order chi connectivity index (χ1) is 6.29. The van der Waals surface area contributed by atoms with E-state index in [9.17, 15) is 4.79 Å². The molecule has 1 aliphatic heterocycles. The van der Waals surface area contributed by atoms with E-state index in [1.807, 2.05) is 0 Å². The molecule has 0 unspecified atom stereocenters. The summed E-state index contributed by atoms with van der Waals surface area (Å²) in [6, 6.07) is 0. The second-order valence-electron chi connectivity index (χ2n) is 3.13. The maximum Gasteiger partial charge on any atom is 0.227 e. The van der Waals surface area contributed by atoms with Crippen molar-refractivity contribution in [2.24, 2.45) is 0 Å². The molecule has 1 aromatic rings. The summed E-state index contributed by atoms with van der Waals surface area (Å²) < 4.78 is 0. The topological polar surface area (TPSA) is 46.1 Å². The molecular formula is C9H11N3O. The van der Waals surface area contributed by atoms with Crippen molar-refractivity contribution < 1.29 is 4.79 Å². The number of carbonyl (C=O) groups is 1. The number of fused-ring (bicyclic) bond motifs is 1. The molecule has 2 rings (SSSR count). The highest BCUT2D eigenvalue weighted by molar-refractivity contribution is 5.92. The minimum Gasteiger partial charge on any atom is -0.298 e. The van der Waals surface area contributed by atoms with Crippen LogP contribution < -0.4 is 4.90 Å². The molecule has 0 spiro atoms. The molecule has 1 amide bonds. The van der Waals surface area contributed by atoms with Crippen LogP contribution in [0.2, 0.25) is 0 Å². The van der Waals surface area contributed by atoms with Crippen molar-refractivity contribution in [1.82, 2.24) is 9.97 Å². The number of aryl methyl sites for hydroxylation is 1. The lowest BCUT2D eigenvalue weighted by Gasteiger charge is -2.14. The van der Waals surface area contributed by atoms with Crippen LogP contribution in [0, 0.1) is 0 Å². The van der Waals surface area contributed by atoms with Gasteiger partial charge < -0.3 is 0 Å². The number of hydrogen-bond donors (Lipinski definition) is 0. The van der Waals surface area contributed by atoms with Crippen LogP contribution in [0.25, 0.3) is 0 Å². The SMILES string of the molecule is CN1C(=O)CCCc2nccnc21. The van der Waals surface area contributed by atoms with Crippen LogP contribution in [0.3, 0.4) is 0 Å². The molecule has 68 valence electrons. The summed E-state index contributed by atoms with van der Waals surface area (Å²) in [7, 11) is 1.75.